The van der Waals surface area contributed by atoms with Crippen molar-refractivity contribution >= 4 is 33.5 Å². The van der Waals surface area contributed by atoms with Crippen LogP contribution >= 0.6 is 27.7 Å². The second kappa shape index (κ2) is 5.37. The molecular formula is C11H11BrOS. The van der Waals surface area contributed by atoms with E-state index in [2.05, 4.69) is 22.5 Å². The molecule has 14 heavy (non-hydrogen) atoms. The van der Waals surface area contributed by atoms with Crippen molar-refractivity contribution in [2.24, 2.45) is 0 Å². The molecule has 74 valence electrons. The maximum absolute atomic E-state index is 11.7. The summed E-state index contributed by atoms with van der Waals surface area (Å²) in [5.41, 5.74) is 0.737. The van der Waals surface area contributed by atoms with Crippen LogP contribution in [0.15, 0.2) is 40.2 Å². The molecule has 0 aliphatic heterocycles. The van der Waals surface area contributed by atoms with Gasteiger partial charge < -0.3 is 0 Å². The van der Waals surface area contributed by atoms with Crippen molar-refractivity contribution in [3.63, 3.8) is 0 Å². The highest BCUT2D eigenvalue weighted by Gasteiger charge is 2.08. The van der Waals surface area contributed by atoms with Crippen LogP contribution in [0, 0.1) is 0 Å². The Morgan fingerprint density at radius 2 is 2.14 bits per heavy atom. The van der Waals surface area contributed by atoms with Crippen molar-refractivity contribution in [3.05, 3.63) is 45.8 Å². The fourth-order valence-electron chi connectivity index (χ4n) is 0.954. The minimum absolute atomic E-state index is 0.130. The first-order valence-corrected chi connectivity index (χ1v) is 5.95. The van der Waals surface area contributed by atoms with Crippen LogP contribution in [-0.2, 0) is 0 Å². The molecule has 0 amide bonds. The van der Waals surface area contributed by atoms with Gasteiger partial charge in [0.2, 0.25) is 0 Å². The molecule has 1 aromatic carbocycles. The van der Waals surface area contributed by atoms with Gasteiger partial charge in [0.1, 0.15) is 0 Å². The van der Waals surface area contributed by atoms with Crippen molar-refractivity contribution in [2.75, 3.05) is 5.75 Å². The summed E-state index contributed by atoms with van der Waals surface area (Å²) in [6, 6.07) is 7.46. The van der Waals surface area contributed by atoms with Crippen molar-refractivity contribution in [3.8, 4) is 0 Å². The quantitative estimate of drug-likeness (QED) is 0.772. The van der Waals surface area contributed by atoms with E-state index in [1.165, 1.54) is 11.8 Å². The summed E-state index contributed by atoms with van der Waals surface area (Å²) in [5.74, 6) is 0.586. The second-order valence-electron chi connectivity index (χ2n) is 2.89. The van der Waals surface area contributed by atoms with E-state index in [1.54, 1.807) is 0 Å². The molecule has 0 bridgehead atoms. The predicted molar refractivity (Wildman–Crippen MR) is 65.7 cm³/mol. The smallest absolute Gasteiger partial charge is 0.174 e. The van der Waals surface area contributed by atoms with Crippen LogP contribution in [-0.4, -0.2) is 11.5 Å². The second-order valence-corrected chi connectivity index (χ2v) is 5.02. The molecule has 1 aromatic rings. The molecule has 0 fully saturated rings. The van der Waals surface area contributed by atoms with E-state index in [4.69, 9.17) is 0 Å². The van der Waals surface area contributed by atoms with E-state index in [1.807, 2.05) is 31.2 Å². The molecule has 0 spiro atoms. The van der Waals surface area contributed by atoms with Crippen molar-refractivity contribution < 1.29 is 4.79 Å². The van der Waals surface area contributed by atoms with Gasteiger partial charge in [0.25, 0.3) is 0 Å². The number of ketones is 1. The van der Waals surface area contributed by atoms with Crippen LogP contribution in [0.5, 0.6) is 0 Å². The maximum atomic E-state index is 11.7. The van der Waals surface area contributed by atoms with Gasteiger partial charge >= 0.3 is 0 Å². The highest BCUT2D eigenvalue weighted by molar-refractivity contribution is 9.10. The third kappa shape index (κ3) is 3.31. The monoisotopic (exact) mass is 270 g/mol. The highest BCUT2D eigenvalue weighted by Crippen LogP contribution is 2.20. The fourth-order valence-corrected chi connectivity index (χ4v) is 1.99. The predicted octanol–water partition coefficient (Wildman–Crippen LogP) is 3.90. The third-order valence-electron chi connectivity index (χ3n) is 1.62. The van der Waals surface area contributed by atoms with Gasteiger partial charge in [-0.15, -0.1) is 11.8 Å². The molecule has 1 rings (SSSR count). The van der Waals surface area contributed by atoms with Crippen molar-refractivity contribution in [2.45, 2.75) is 6.92 Å². The maximum Gasteiger partial charge on any atom is 0.174 e. The number of allylic oxidation sites excluding steroid dienone is 1. The number of hydrogen-bond acceptors (Lipinski definition) is 2. The van der Waals surface area contributed by atoms with Crippen molar-refractivity contribution in [1.82, 2.24) is 0 Å². The van der Waals surface area contributed by atoms with Crippen LogP contribution in [0.3, 0.4) is 0 Å². The Hall–Kier alpha value is -0.540. The Labute approximate surface area is 96.7 Å². The standard InChI is InChI=1S/C11H11BrOS/c1-8(2)14-7-11(13)9-5-3-4-6-10(9)12/h3-6H,1,7H2,2H3. The van der Waals surface area contributed by atoms with Gasteiger partial charge in [-0.25, -0.2) is 0 Å². The topological polar surface area (TPSA) is 17.1 Å². The third-order valence-corrected chi connectivity index (χ3v) is 3.21. The molecule has 0 atom stereocenters. The molecule has 3 heteroatoms. The first kappa shape index (κ1) is 11.5. The zero-order valence-corrected chi connectivity index (χ0v) is 10.3. The van der Waals surface area contributed by atoms with E-state index in [0.717, 1.165) is 14.9 Å². The molecular weight excluding hydrogens is 260 g/mol. The number of rotatable bonds is 4. The Morgan fingerprint density at radius 1 is 1.50 bits per heavy atom. The molecule has 0 aromatic heterocycles. The lowest BCUT2D eigenvalue weighted by molar-refractivity contribution is 0.102. The van der Waals surface area contributed by atoms with E-state index >= 15 is 0 Å². The minimum Gasteiger partial charge on any atom is -0.293 e. The van der Waals surface area contributed by atoms with E-state index in [-0.39, 0.29) is 5.78 Å². The average Bonchev–Trinajstić information content (AvgIpc) is 2.15. The summed E-state index contributed by atoms with van der Waals surface area (Å²) in [6.07, 6.45) is 0. The van der Waals surface area contributed by atoms with Gasteiger partial charge in [-0.1, -0.05) is 40.7 Å². The zero-order chi connectivity index (χ0) is 10.6. The number of hydrogen-bond donors (Lipinski definition) is 0. The molecule has 0 heterocycles. The van der Waals surface area contributed by atoms with Gasteiger partial charge in [0.15, 0.2) is 5.78 Å². The summed E-state index contributed by atoms with van der Waals surface area (Å²) in [4.78, 5) is 12.6. The number of carbonyl (C=O) groups is 1. The summed E-state index contributed by atoms with van der Waals surface area (Å²) < 4.78 is 0.854. The number of benzene rings is 1. The summed E-state index contributed by atoms with van der Waals surface area (Å²) in [6.45, 7) is 5.64. The molecule has 0 saturated carbocycles. The Morgan fingerprint density at radius 3 is 2.71 bits per heavy atom. The summed E-state index contributed by atoms with van der Waals surface area (Å²) >= 11 is 4.83. The van der Waals surface area contributed by atoms with Crippen LogP contribution < -0.4 is 0 Å². The largest absolute Gasteiger partial charge is 0.293 e. The van der Waals surface area contributed by atoms with Gasteiger partial charge in [-0.3, -0.25) is 4.79 Å². The van der Waals surface area contributed by atoms with E-state index in [0.29, 0.717) is 5.75 Å². The highest BCUT2D eigenvalue weighted by atomic mass is 79.9. The Balaban J connectivity index is 2.70. The Kier molecular flexibility index (Phi) is 4.42. The van der Waals surface area contributed by atoms with Gasteiger partial charge in [-0.05, 0) is 17.9 Å². The zero-order valence-electron chi connectivity index (χ0n) is 7.92. The lowest BCUT2D eigenvalue weighted by Crippen LogP contribution is -2.02. The summed E-state index contributed by atoms with van der Waals surface area (Å²) in [7, 11) is 0. The summed E-state index contributed by atoms with van der Waals surface area (Å²) in [5, 5.41) is 0. The molecule has 0 saturated heterocycles. The number of carbonyl (C=O) groups excluding carboxylic acids is 1. The molecule has 1 nitrogen and oxygen atoms in total. The normalized spacial score (nSPS) is 9.86. The SMILES string of the molecule is C=C(C)SCC(=O)c1ccccc1Br. The lowest BCUT2D eigenvalue weighted by Gasteiger charge is -2.02. The fraction of sp³-hybridized carbons (Fsp3) is 0.182. The van der Waals surface area contributed by atoms with E-state index < -0.39 is 0 Å². The van der Waals surface area contributed by atoms with Gasteiger partial charge in [0, 0.05) is 10.0 Å². The van der Waals surface area contributed by atoms with Crippen LogP contribution in [0.1, 0.15) is 17.3 Å². The van der Waals surface area contributed by atoms with Crippen LogP contribution in [0.4, 0.5) is 0 Å². The number of thioether (sulfide) groups is 1. The Bertz CT molecular complexity index is 360. The molecule has 0 radical (unpaired) electrons. The number of halogens is 1. The first-order valence-electron chi connectivity index (χ1n) is 4.17. The van der Waals surface area contributed by atoms with Crippen molar-refractivity contribution in [1.29, 1.82) is 0 Å². The molecule has 0 N–H and O–H groups in total. The van der Waals surface area contributed by atoms with Crippen LogP contribution in [0.2, 0.25) is 0 Å². The minimum atomic E-state index is 0.130. The van der Waals surface area contributed by atoms with E-state index in [9.17, 15) is 4.79 Å². The molecule has 0 aliphatic carbocycles. The molecule has 0 aliphatic rings. The number of Topliss-reactive ketones (excluding diaryl/α,β-unsaturated/α-hetero) is 1. The van der Waals surface area contributed by atoms with Gasteiger partial charge in [0.05, 0.1) is 5.75 Å². The first-order chi connectivity index (χ1) is 6.61. The molecule has 0 unspecified atom stereocenters. The van der Waals surface area contributed by atoms with Gasteiger partial charge in [-0.2, -0.15) is 0 Å². The van der Waals surface area contributed by atoms with Crippen LogP contribution in [0.25, 0.3) is 0 Å². The lowest BCUT2D eigenvalue weighted by atomic mass is 10.1. The average molecular weight is 271 g/mol.